The van der Waals surface area contributed by atoms with Crippen LogP contribution in [0.3, 0.4) is 0 Å². The number of phenols is 3. The van der Waals surface area contributed by atoms with E-state index in [1.165, 1.54) is 78.7 Å². The molecular formula is C26H26N2O8. The molecule has 0 bridgehead atoms. The van der Waals surface area contributed by atoms with Crippen LogP contribution in [0.2, 0.25) is 0 Å². The molecule has 3 rings (SSSR count). The molecule has 0 aliphatic carbocycles. The highest BCUT2D eigenvalue weighted by Gasteiger charge is 2.34. The van der Waals surface area contributed by atoms with Gasteiger partial charge in [0, 0.05) is 11.3 Å². The van der Waals surface area contributed by atoms with E-state index in [1.54, 1.807) is 6.92 Å². The summed E-state index contributed by atoms with van der Waals surface area (Å²) in [7, 11) is 1.34. The van der Waals surface area contributed by atoms with E-state index in [1.807, 2.05) is 0 Å². The monoisotopic (exact) mass is 494 g/mol. The molecule has 4 N–H and O–H groups in total. The molecule has 0 aliphatic heterocycles. The van der Waals surface area contributed by atoms with E-state index in [-0.39, 0.29) is 46.4 Å². The van der Waals surface area contributed by atoms with E-state index in [4.69, 9.17) is 9.47 Å². The molecule has 3 aromatic rings. The summed E-state index contributed by atoms with van der Waals surface area (Å²) in [6.07, 6.45) is 0. The summed E-state index contributed by atoms with van der Waals surface area (Å²) < 4.78 is 10.1. The molecule has 0 aliphatic rings. The van der Waals surface area contributed by atoms with Gasteiger partial charge < -0.3 is 30.1 Å². The first-order chi connectivity index (χ1) is 17.2. The third-order valence-corrected chi connectivity index (χ3v) is 5.20. The van der Waals surface area contributed by atoms with Crippen molar-refractivity contribution >= 4 is 23.5 Å². The van der Waals surface area contributed by atoms with Crippen molar-refractivity contribution in [2.24, 2.45) is 0 Å². The summed E-state index contributed by atoms with van der Waals surface area (Å²) in [6, 6.07) is 13.9. The molecule has 0 fully saturated rings. The van der Waals surface area contributed by atoms with Gasteiger partial charge in [-0.3, -0.25) is 19.3 Å². The van der Waals surface area contributed by atoms with Gasteiger partial charge >= 0.3 is 5.97 Å². The van der Waals surface area contributed by atoms with Crippen molar-refractivity contribution < 1.29 is 39.2 Å². The Hall–Kier alpha value is -4.73. The van der Waals surface area contributed by atoms with Crippen molar-refractivity contribution in [3.8, 4) is 23.0 Å². The minimum absolute atomic E-state index is 0.0465. The van der Waals surface area contributed by atoms with E-state index in [0.29, 0.717) is 0 Å². The van der Waals surface area contributed by atoms with Crippen molar-refractivity contribution in [3.05, 3.63) is 77.9 Å². The fraction of sp³-hybridized carbons (Fsp3) is 0.192. The smallest absolute Gasteiger partial charge is 0.325 e. The Balaban J connectivity index is 2.15. The average molecular weight is 495 g/mol. The second-order valence-electron chi connectivity index (χ2n) is 7.60. The normalized spacial score (nSPS) is 11.3. The number of hydrogen-bond donors (Lipinski definition) is 4. The van der Waals surface area contributed by atoms with Gasteiger partial charge in [0.25, 0.3) is 5.91 Å². The number of carbonyl (C=O) groups is 3. The summed E-state index contributed by atoms with van der Waals surface area (Å²) in [5.74, 6) is -2.18. The van der Waals surface area contributed by atoms with Crippen LogP contribution in [0.4, 0.5) is 5.69 Å². The molecule has 188 valence electrons. The second-order valence-corrected chi connectivity index (χ2v) is 7.60. The highest BCUT2D eigenvalue weighted by Crippen LogP contribution is 2.35. The zero-order chi connectivity index (χ0) is 26.2. The van der Waals surface area contributed by atoms with Crippen molar-refractivity contribution in [2.45, 2.75) is 13.0 Å². The number of esters is 1. The van der Waals surface area contributed by atoms with Crippen LogP contribution in [0.25, 0.3) is 0 Å². The molecular weight excluding hydrogens is 468 g/mol. The molecule has 3 aromatic carbocycles. The Morgan fingerprint density at radius 2 is 1.53 bits per heavy atom. The zero-order valence-electron chi connectivity index (χ0n) is 19.7. The number of nitrogens with one attached hydrogen (secondary N) is 1. The molecule has 0 spiro atoms. The Morgan fingerprint density at radius 3 is 2.11 bits per heavy atom. The maximum atomic E-state index is 13.8. The number of aromatic hydroxyl groups is 3. The predicted octanol–water partition coefficient (Wildman–Crippen LogP) is 2.88. The van der Waals surface area contributed by atoms with Gasteiger partial charge in [-0.25, -0.2) is 0 Å². The number of nitrogens with zero attached hydrogens (tertiary/aromatic N) is 1. The van der Waals surface area contributed by atoms with Gasteiger partial charge in [-0.15, -0.1) is 0 Å². The number of amides is 2. The van der Waals surface area contributed by atoms with Gasteiger partial charge in [0.1, 0.15) is 24.1 Å². The number of methoxy groups -OCH3 is 1. The fourth-order valence-corrected chi connectivity index (χ4v) is 3.49. The fourth-order valence-electron chi connectivity index (χ4n) is 3.49. The summed E-state index contributed by atoms with van der Waals surface area (Å²) in [4.78, 5) is 40.3. The van der Waals surface area contributed by atoms with Crippen molar-refractivity contribution in [3.63, 3.8) is 0 Å². The maximum Gasteiger partial charge on any atom is 0.325 e. The number of hydrogen-bond acceptors (Lipinski definition) is 8. The van der Waals surface area contributed by atoms with Crippen LogP contribution in [0, 0.1) is 0 Å². The Morgan fingerprint density at radius 1 is 0.917 bits per heavy atom. The molecule has 1 atom stereocenters. The molecule has 2 amide bonds. The summed E-state index contributed by atoms with van der Waals surface area (Å²) >= 11 is 0. The number of ether oxygens (including phenoxy) is 2. The molecule has 0 radical (unpaired) electrons. The van der Waals surface area contributed by atoms with Gasteiger partial charge in [-0.05, 0) is 73.2 Å². The third kappa shape index (κ3) is 6.03. The lowest BCUT2D eigenvalue weighted by molar-refractivity contribution is -0.143. The first-order valence-corrected chi connectivity index (χ1v) is 11.0. The van der Waals surface area contributed by atoms with E-state index < -0.39 is 30.4 Å². The van der Waals surface area contributed by atoms with Crippen LogP contribution in [0.1, 0.15) is 28.9 Å². The first kappa shape index (κ1) is 25.9. The van der Waals surface area contributed by atoms with Crippen molar-refractivity contribution in [2.75, 3.05) is 25.2 Å². The van der Waals surface area contributed by atoms with Gasteiger partial charge in [-0.2, -0.15) is 0 Å². The quantitative estimate of drug-likeness (QED) is 0.332. The number of rotatable bonds is 9. The minimum atomic E-state index is -1.33. The number of anilines is 1. The van der Waals surface area contributed by atoms with Crippen LogP contribution in [0.15, 0.2) is 66.7 Å². The number of phenolic OH excluding ortho intramolecular Hbond substituents is 3. The van der Waals surface area contributed by atoms with E-state index >= 15 is 0 Å². The molecule has 10 heteroatoms. The summed E-state index contributed by atoms with van der Waals surface area (Å²) in [6.45, 7) is 1.33. The lowest BCUT2D eigenvalue weighted by Gasteiger charge is -2.32. The summed E-state index contributed by atoms with van der Waals surface area (Å²) in [5.41, 5.74) is 0.690. The zero-order valence-corrected chi connectivity index (χ0v) is 19.7. The molecule has 0 saturated heterocycles. The minimum Gasteiger partial charge on any atom is -0.508 e. The first-order valence-electron chi connectivity index (χ1n) is 11.0. The van der Waals surface area contributed by atoms with Gasteiger partial charge in [0.05, 0.1) is 13.7 Å². The van der Waals surface area contributed by atoms with Crippen LogP contribution >= 0.6 is 0 Å². The number of carbonyl (C=O) groups excluding carboxylic acids is 3. The van der Waals surface area contributed by atoms with Crippen LogP contribution in [-0.4, -0.2) is 53.4 Å². The lowest BCUT2D eigenvalue weighted by atomic mass is 10.0. The highest BCUT2D eigenvalue weighted by atomic mass is 16.5. The summed E-state index contributed by atoms with van der Waals surface area (Å²) in [5, 5.41) is 32.0. The van der Waals surface area contributed by atoms with Crippen LogP contribution in [0.5, 0.6) is 23.0 Å². The van der Waals surface area contributed by atoms with Crippen molar-refractivity contribution in [1.29, 1.82) is 0 Å². The predicted molar refractivity (Wildman–Crippen MR) is 130 cm³/mol. The van der Waals surface area contributed by atoms with Gasteiger partial charge in [0.2, 0.25) is 5.91 Å². The van der Waals surface area contributed by atoms with Gasteiger partial charge in [0.15, 0.2) is 11.5 Å². The van der Waals surface area contributed by atoms with Crippen LogP contribution in [-0.2, 0) is 14.3 Å². The average Bonchev–Trinajstić information content (AvgIpc) is 2.87. The van der Waals surface area contributed by atoms with Crippen LogP contribution < -0.4 is 15.0 Å². The molecule has 0 aromatic heterocycles. The highest BCUT2D eigenvalue weighted by molar-refractivity contribution is 6.10. The molecule has 0 heterocycles. The topological polar surface area (TPSA) is 146 Å². The second kappa shape index (κ2) is 11.6. The largest absolute Gasteiger partial charge is 0.508 e. The third-order valence-electron chi connectivity index (χ3n) is 5.20. The Bertz CT molecular complexity index is 1230. The number of benzene rings is 3. The Kier molecular flexibility index (Phi) is 8.35. The standard InChI is InChI=1S/C26H26N2O8/c1-3-36-23(32)15-27-25(33)24(17-6-13-21(31)22(14-17)35-2)28(18-7-11-20(30)12-8-18)26(34)16-4-9-19(29)10-5-16/h4-14,24,29-31H,3,15H2,1-2H3,(H,27,33). The lowest BCUT2D eigenvalue weighted by Crippen LogP contribution is -2.45. The van der Waals surface area contributed by atoms with Crippen molar-refractivity contribution in [1.82, 2.24) is 5.32 Å². The SMILES string of the molecule is CCOC(=O)CNC(=O)C(c1ccc(O)c(OC)c1)N(C(=O)c1ccc(O)cc1)c1ccc(O)cc1. The van der Waals surface area contributed by atoms with E-state index in [2.05, 4.69) is 5.32 Å². The maximum absolute atomic E-state index is 13.8. The molecule has 0 saturated carbocycles. The van der Waals surface area contributed by atoms with Gasteiger partial charge in [-0.1, -0.05) is 6.07 Å². The molecule has 1 unspecified atom stereocenters. The van der Waals surface area contributed by atoms with E-state index in [9.17, 15) is 29.7 Å². The molecule has 36 heavy (non-hydrogen) atoms. The molecule has 10 nitrogen and oxygen atoms in total. The Labute approximate surface area is 207 Å². The van der Waals surface area contributed by atoms with E-state index in [0.717, 1.165) is 0 Å².